The van der Waals surface area contributed by atoms with Gasteiger partial charge in [-0.25, -0.2) is 0 Å². The van der Waals surface area contributed by atoms with Crippen LogP contribution in [-0.2, 0) is 22.6 Å². The Hall–Kier alpha value is -3.15. The SMILES string of the molecule is COc1ccc(CCC(=O)OCc2nc(-c3ccc(C)cc3)no2)cc1. The van der Waals surface area contributed by atoms with Gasteiger partial charge < -0.3 is 14.0 Å². The Labute approximate surface area is 151 Å². The van der Waals surface area contributed by atoms with E-state index in [1.165, 1.54) is 0 Å². The summed E-state index contributed by atoms with van der Waals surface area (Å²) in [5.41, 5.74) is 3.06. The average molecular weight is 352 g/mol. The van der Waals surface area contributed by atoms with Crippen molar-refractivity contribution in [2.24, 2.45) is 0 Å². The summed E-state index contributed by atoms with van der Waals surface area (Å²) >= 11 is 0. The second kappa shape index (κ2) is 8.29. The molecule has 0 bridgehead atoms. The molecule has 0 aliphatic rings. The molecule has 0 amide bonds. The molecule has 0 N–H and O–H groups in total. The van der Waals surface area contributed by atoms with E-state index in [2.05, 4.69) is 10.1 Å². The lowest BCUT2D eigenvalue weighted by Gasteiger charge is -2.04. The number of benzene rings is 2. The molecule has 1 heterocycles. The standard InChI is InChI=1S/C20H20N2O4/c1-14-3-8-16(9-4-14)20-21-18(26-22-20)13-25-19(23)12-7-15-5-10-17(24-2)11-6-15/h3-6,8-11H,7,12-13H2,1-2H3. The van der Waals surface area contributed by atoms with E-state index in [-0.39, 0.29) is 24.9 Å². The lowest BCUT2D eigenvalue weighted by atomic mass is 10.1. The molecule has 1 aromatic heterocycles. The molecular weight excluding hydrogens is 332 g/mol. The molecule has 2 aromatic carbocycles. The number of methoxy groups -OCH3 is 1. The van der Waals surface area contributed by atoms with Crippen LogP contribution < -0.4 is 4.74 Å². The van der Waals surface area contributed by atoms with E-state index in [1.807, 2.05) is 55.5 Å². The maximum atomic E-state index is 11.9. The minimum Gasteiger partial charge on any atom is -0.497 e. The van der Waals surface area contributed by atoms with E-state index in [9.17, 15) is 4.79 Å². The molecule has 0 saturated carbocycles. The molecule has 0 atom stereocenters. The fourth-order valence-corrected chi connectivity index (χ4v) is 2.39. The van der Waals surface area contributed by atoms with Crippen molar-refractivity contribution in [3.63, 3.8) is 0 Å². The summed E-state index contributed by atoms with van der Waals surface area (Å²) in [6.45, 7) is 1.98. The van der Waals surface area contributed by atoms with Crippen LogP contribution in [-0.4, -0.2) is 23.2 Å². The molecule has 0 spiro atoms. The number of carbonyl (C=O) groups excluding carboxylic acids is 1. The first-order valence-electron chi connectivity index (χ1n) is 8.32. The minimum absolute atomic E-state index is 0.0275. The van der Waals surface area contributed by atoms with E-state index in [1.54, 1.807) is 7.11 Å². The van der Waals surface area contributed by atoms with Gasteiger partial charge >= 0.3 is 5.97 Å². The number of hydrogen-bond acceptors (Lipinski definition) is 6. The van der Waals surface area contributed by atoms with Crippen molar-refractivity contribution in [1.29, 1.82) is 0 Å². The minimum atomic E-state index is -0.309. The van der Waals surface area contributed by atoms with Gasteiger partial charge in [-0.3, -0.25) is 4.79 Å². The van der Waals surface area contributed by atoms with E-state index in [0.29, 0.717) is 12.2 Å². The first-order valence-corrected chi connectivity index (χ1v) is 8.32. The van der Waals surface area contributed by atoms with Gasteiger partial charge in [0, 0.05) is 12.0 Å². The Morgan fingerprint density at radius 1 is 1.08 bits per heavy atom. The highest BCUT2D eigenvalue weighted by atomic mass is 16.6. The third-order valence-electron chi connectivity index (χ3n) is 3.91. The van der Waals surface area contributed by atoms with Crippen LogP contribution in [0.25, 0.3) is 11.4 Å². The smallest absolute Gasteiger partial charge is 0.306 e. The number of carbonyl (C=O) groups is 1. The molecular formula is C20H20N2O4. The van der Waals surface area contributed by atoms with Crippen LogP contribution in [0.1, 0.15) is 23.4 Å². The molecule has 3 rings (SSSR count). The van der Waals surface area contributed by atoms with E-state index < -0.39 is 0 Å². The number of aromatic nitrogens is 2. The maximum Gasteiger partial charge on any atom is 0.306 e. The molecule has 26 heavy (non-hydrogen) atoms. The summed E-state index contributed by atoms with van der Waals surface area (Å²) < 4.78 is 15.4. The lowest BCUT2D eigenvalue weighted by Crippen LogP contribution is -2.06. The molecule has 134 valence electrons. The van der Waals surface area contributed by atoms with Crippen molar-refractivity contribution in [3.05, 3.63) is 65.5 Å². The molecule has 0 saturated heterocycles. The maximum absolute atomic E-state index is 11.9. The van der Waals surface area contributed by atoms with Gasteiger partial charge in [0.15, 0.2) is 6.61 Å². The summed E-state index contributed by atoms with van der Waals surface area (Å²) in [6.07, 6.45) is 0.882. The highest BCUT2D eigenvalue weighted by Crippen LogP contribution is 2.17. The number of ether oxygens (including phenoxy) is 2. The zero-order chi connectivity index (χ0) is 18.4. The fraction of sp³-hybridized carbons (Fsp3) is 0.250. The van der Waals surface area contributed by atoms with Crippen molar-refractivity contribution in [1.82, 2.24) is 10.1 Å². The summed E-state index contributed by atoms with van der Waals surface area (Å²) in [5.74, 6) is 1.24. The molecule has 0 radical (unpaired) electrons. The largest absolute Gasteiger partial charge is 0.497 e. The van der Waals surface area contributed by atoms with E-state index in [0.717, 1.165) is 22.4 Å². The number of esters is 1. The first kappa shape index (κ1) is 17.7. The summed E-state index contributed by atoms with van der Waals surface area (Å²) in [4.78, 5) is 16.1. The lowest BCUT2D eigenvalue weighted by molar-refractivity contribution is -0.145. The molecule has 0 fully saturated rings. The normalized spacial score (nSPS) is 10.5. The monoisotopic (exact) mass is 352 g/mol. The van der Waals surface area contributed by atoms with E-state index in [4.69, 9.17) is 14.0 Å². The topological polar surface area (TPSA) is 74.5 Å². The zero-order valence-corrected chi connectivity index (χ0v) is 14.8. The summed E-state index contributed by atoms with van der Waals surface area (Å²) in [7, 11) is 1.62. The molecule has 3 aromatic rings. The Morgan fingerprint density at radius 3 is 2.50 bits per heavy atom. The van der Waals surface area contributed by atoms with Crippen LogP contribution in [0, 0.1) is 6.92 Å². The zero-order valence-electron chi connectivity index (χ0n) is 14.8. The predicted octanol–water partition coefficient (Wildman–Crippen LogP) is 3.73. The van der Waals surface area contributed by atoms with Gasteiger partial charge in [0.05, 0.1) is 7.11 Å². The van der Waals surface area contributed by atoms with Gasteiger partial charge in [0.25, 0.3) is 5.89 Å². The average Bonchev–Trinajstić information content (AvgIpc) is 3.14. The highest BCUT2D eigenvalue weighted by molar-refractivity contribution is 5.69. The third kappa shape index (κ3) is 4.69. The van der Waals surface area contributed by atoms with Gasteiger partial charge in [0.2, 0.25) is 5.82 Å². The number of hydrogen-bond donors (Lipinski definition) is 0. The van der Waals surface area contributed by atoms with Crippen LogP contribution in [0.3, 0.4) is 0 Å². The van der Waals surface area contributed by atoms with Gasteiger partial charge in [-0.2, -0.15) is 4.98 Å². The van der Waals surface area contributed by atoms with Gasteiger partial charge in [-0.05, 0) is 31.0 Å². The van der Waals surface area contributed by atoms with Crippen LogP contribution in [0.2, 0.25) is 0 Å². The molecule has 6 heteroatoms. The van der Waals surface area contributed by atoms with E-state index >= 15 is 0 Å². The molecule has 6 nitrogen and oxygen atoms in total. The van der Waals surface area contributed by atoms with Crippen molar-refractivity contribution in [2.75, 3.05) is 7.11 Å². The molecule has 0 aliphatic heterocycles. The Kier molecular flexibility index (Phi) is 5.63. The van der Waals surface area contributed by atoms with Gasteiger partial charge in [-0.15, -0.1) is 0 Å². The number of rotatable bonds is 7. The fourth-order valence-electron chi connectivity index (χ4n) is 2.39. The Balaban J connectivity index is 1.47. The number of aryl methyl sites for hydroxylation is 2. The van der Waals surface area contributed by atoms with Crippen LogP contribution in [0.5, 0.6) is 5.75 Å². The Morgan fingerprint density at radius 2 is 1.81 bits per heavy atom. The van der Waals surface area contributed by atoms with Gasteiger partial charge in [0.1, 0.15) is 5.75 Å². The quantitative estimate of drug-likeness (QED) is 0.603. The van der Waals surface area contributed by atoms with Crippen LogP contribution in [0.4, 0.5) is 0 Å². The second-order valence-corrected chi connectivity index (χ2v) is 5.89. The highest BCUT2D eigenvalue weighted by Gasteiger charge is 2.11. The summed E-state index contributed by atoms with van der Waals surface area (Å²) in [6, 6.07) is 15.4. The van der Waals surface area contributed by atoms with Crippen molar-refractivity contribution < 1.29 is 18.8 Å². The van der Waals surface area contributed by atoms with Crippen LogP contribution in [0.15, 0.2) is 53.1 Å². The molecule has 0 aliphatic carbocycles. The molecule has 0 unspecified atom stereocenters. The van der Waals surface area contributed by atoms with Gasteiger partial charge in [-0.1, -0.05) is 47.1 Å². The first-order chi connectivity index (χ1) is 12.6. The third-order valence-corrected chi connectivity index (χ3v) is 3.91. The predicted molar refractivity (Wildman–Crippen MR) is 95.6 cm³/mol. The Bertz CT molecular complexity index is 854. The second-order valence-electron chi connectivity index (χ2n) is 5.89. The summed E-state index contributed by atoms with van der Waals surface area (Å²) in [5, 5.41) is 3.91. The van der Waals surface area contributed by atoms with Crippen molar-refractivity contribution in [2.45, 2.75) is 26.4 Å². The van der Waals surface area contributed by atoms with Crippen molar-refractivity contribution >= 4 is 5.97 Å². The van der Waals surface area contributed by atoms with Crippen molar-refractivity contribution in [3.8, 4) is 17.1 Å². The van der Waals surface area contributed by atoms with Crippen LogP contribution >= 0.6 is 0 Å². The number of nitrogens with zero attached hydrogens (tertiary/aromatic N) is 2.